The van der Waals surface area contributed by atoms with Gasteiger partial charge in [-0.2, -0.15) is 0 Å². The number of hydrogen-bond donors (Lipinski definition) is 2. The summed E-state index contributed by atoms with van der Waals surface area (Å²) in [6.07, 6.45) is 1.18. The molecule has 0 aliphatic carbocycles. The summed E-state index contributed by atoms with van der Waals surface area (Å²) in [5.41, 5.74) is -0.0107. The molecule has 1 aromatic rings. The maximum absolute atomic E-state index is 13.6. The van der Waals surface area contributed by atoms with E-state index in [4.69, 9.17) is 4.74 Å². The number of imide groups is 1. The lowest BCUT2D eigenvalue weighted by Crippen LogP contribution is -2.59. The van der Waals surface area contributed by atoms with Crippen molar-refractivity contribution in [1.29, 1.82) is 0 Å². The number of urea groups is 1. The monoisotopic (exact) mass is 584 g/mol. The van der Waals surface area contributed by atoms with Crippen molar-refractivity contribution >= 4 is 29.7 Å². The van der Waals surface area contributed by atoms with Crippen LogP contribution in [0.3, 0.4) is 0 Å². The second-order valence-electron chi connectivity index (χ2n) is 13.9. The average molecular weight is 585 g/mol. The van der Waals surface area contributed by atoms with E-state index in [-0.39, 0.29) is 55.6 Å². The molecule has 2 N–H and O–H groups in total. The molecule has 4 atom stereocenters. The first-order valence-corrected chi connectivity index (χ1v) is 14.9. The molecule has 2 fully saturated rings. The zero-order chi connectivity index (χ0) is 31.4. The van der Waals surface area contributed by atoms with Crippen molar-refractivity contribution in [3.05, 3.63) is 35.9 Å². The van der Waals surface area contributed by atoms with E-state index in [1.165, 1.54) is 9.80 Å². The van der Waals surface area contributed by atoms with Gasteiger partial charge in [-0.25, -0.2) is 9.59 Å². The summed E-state index contributed by atoms with van der Waals surface area (Å²) in [7, 11) is 0. The van der Waals surface area contributed by atoms with Crippen LogP contribution in [0.25, 0.3) is 0 Å². The third-order valence-electron chi connectivity index (χ3n) is 8.35. The minimum Gasteiger partial charge on any atom is -0.459 e. The molecule has 2 aliphatic rings. The topological polar surface area (TPSA) is 125 Å². The third-order valence-corrected chi connectivity index (χ3v) is 8.35. The van der Waals surface area contributed by atoms with Gasteiger partial charge < -0.3 is 20.3 Å². The molecule has 10 nitrogen and oxygen atoms in total. The standard InChI is InChI=1S/C32H48N4O6/c1-20(2)23-14-15-35(27(23)29(40)42-19-22-12-10-9-11-13-22)28(39)21(3)33-30(41)34-24(31(4,5)6)18-36-25(37)16-32(7,8)17-26(36)38/h9-13,20-21,23-24,27H,14-19H2,1-8H3,(H2,33,34,41)/t21-,23+,24+,27?/m0/s1. The summed E-state index contributed by atoms with van der Waals surface area (Å²) in [6, 6.07) is 6.59. The molecule has 2 saturated heterocycles. The number of esters is 1. The Balaban J connectivity index is 1.65. The summed E-state index contributed by atoms with van der Waals surface area (Å²) in [5, 5.41) is 5.59. The Kier molecular flexibility index (Phi) is 10.4. The fourth-order valence-electron chi connectivity index (χ4n) is 5.72. The van der Waals surface area contributed by atoms with Gasteiger partial charge in [0, 0.05) is 25.9 Å². The Hall–Kier alpha value is -3.43. The van der Waals surface area contributed by atoms with E-state index < -0.39 is 41.0 Å². The normalized spacial score (nSPS) is 22.1. The molecule has 0 radical (unpaired) electrons. The molecule has 232 valence electrons. The molecule has 0 spiro atoms. The molecule has 1 unspecified atom stereocenters. The van der Waals surface area contributed by atoms with Gasteiger partial charge in [-0.05, 0) is 41.6 Å². The summed E-state index contributed by atoms with van der Waals surface area (Å²) >= 11 is 0. The van der Waals surface area contributed by atoms with Crippen molar-refractivity contribution < 1.29 is 28.7 Å². The second-order valence-corrected chi connectivity index (χ2v) is 13.9. The molecule has 2 aliphatic heterocycles. The van der Waals surface area contributed by atoms with E-state index in [2.05, 4.69) is 10.6 Å². The van der Waals surface area contributed by atoms with E-state index in [1.807, 2.05) is 78.8 Å². The van der Waals surface area contributed by atoms with E-state index in [1.54, 1.807) is 6.92 Å². The van der Waals surface area contributed by atoms with Crippen LogP contribution in [0.4, 0.5) is 4.79 Å². The Morgan fingerprint density at radius 1 is 1.00 bits per heavy atom. The van der Waals surface area contributed by atoms with Gasteiger partial charge in [0.1, 0.15) is 18.7 Å². The zero-order valence-corrected chi connectivity index (χ0v) is 26.4. The van der Waals surface area contributed by atoms with E-state index >= 15 is 0 Å². The number of nitrogens with one attached hydrogen (secondary N) is 2. The maximum Gasteiger partial charge on any atom is 0.329 e. The van der Waals surface area contributed by atoms with Crippen LogP contribution in [-0.2, 0) is 30.5 Å². The number of likely N-dealkylation sites (tertiary alicyclic amines) is 2. The molecule has 3 rings (SSSR count). The van der Waals surface area contributed by atoms with E-state index in [0.29, 0.717) is 13.0 Å². The van der Waals surface area contributed by atoms with Crippen LogP contribution in [0, 0.1) is 22.7 Å². The van der Waals surface area contributed by atoms with E-state index in [0.717, 1.165) is 5.56 Å². The summed E-state index contributed by atoms with van der Waals surface area (Å²) in [4.78, 5) is 68.2. The summed E-state index contributed by atoms with van der Waals surface area (Å²) < 4.78 is 5.63. The van der Waals surface area contributed by atoms with Gasteiger partial charge in [-0.3, -0.25) is 19.3 Å². The number of piperidine rings is 1. The van der Waals surface area contributed by atoms with Gasteiger partial charge in [-0.15, -0.1) is 0 Å². The van der Waals surface area contributed by atoms with Crippen LogP contribution in [0.2, 0.25) is 0 Å². The number of hydrogen-bond acceptors (Lipinski definition) is 6. The molecular formula is C32H48N4O6. The summed E-state index contributed by atoms with van der Waals surface area (Å²) in [6.45, 7) is 15.7. The maximum atomic E-state index is 13.6. The first-order valence-electron chi connectivity index (χ1n) is 14.9. The Morgan fingerprint density at radius 2 is 1.60 bits per heavy atom. The molecule has 2 heterocycles. The number of rotatable bonds is 9. The number of benzene rings is 1. The first kappa shape index (κ1) is 33.1. The van der Waals surface area contributed by atoms with Crippen LogP contribution >= 0.6 is 0 Å². The predicted molar refractivity (Wildman–Crippen MR) is 159 cm³/mol. The van der Waals surface area contributed by atoms with Crippen molar-refractivity contribution in [2.75, 3.05) is 13.1 Å². The Labute approximate surface area is 249 Å². The van der Waals surface area contributed by atoms with Crippen molar-refractivity contribution in [1.82, 2.24) is 20.4 Å². The fraction of sp³-hybridized carbons (Fsp3) is 0.656. The van der Waals surface area contributed by atoms with Crippen LogP contribution in [0.1, 0.15) is 80.2 Å². The molecule has 1 aromatic carbocycles. The highest BCUT2D eigenvalue weighted by Crippen LogP contribution is 2.33. The average Bonchev–Trinajstić information content (AvgIpc) is 3.33. The minimum atomic E-state index is -0.917. The summed E-state index contributed by atoms with van der Waals surface area (Å²) in [5.74, 6) is -1.24. The van der Waals surface area contributed by atoms with Crippen molar-refractivity contribution in [2.45, 2.75) is 99.4 Å². The van der Waals surface area contributed by atoms with E-state index in [9.17, 15) is 24.0 Å². The van der Waals surface area contributed by atoms with Gasteiger partial charge in [0.25, 0.3) is 0 Å². The fourth-order valence-corrected chi connectivity index (χ4v) is 5.72. The second kappa shape index (κ2) is 13.3. The van der Waals surface area contributed by atoms with Gasteiger partial charge in [0.2, 0.25) is 17.7 Å². The van der Waals surface area contributed by atoms with Crippen molar-refractivity contribution in [3.8, 4) is 0 Å². The number of ether oxygens (including phenoxy) is 1. The molecule has 42 heavy (non-hydrogen) atoms. The minimum absolute atomic E-state index is 0.0461. The van der Waals surface area contributed by atoms with Gasteiger partial charge in [0.05, 0.1) is 6.04 Å². The van der Waals surface area contributed by atoms with Crippen molar-refractivity contribution in [2.24, 2.45) is 22.7 Å². The van der Waals surface area contributed by atoms with Crippen LogP contribution in [0.5, 0.6) is 0 Å². The van der Waals surface area contributed by atoms with Gasteiger partial charge >= 0.3 is 12.0 Å². The number of carbonyl (C=O) groups is 5. The zero-order valence-electron chi connectivity index (χ0n) is 26.4. The highest BCUT2D eigenvalue weighted by molar-refractivity contribution is 5.98. The largest absolute Gasteiger partial charge is 0.459 e. The SMILES string of the molecule is CC(C)[C@H]1CCN(C(=O)[C@H](C)NC(=O)N[C@H](CN2C(=O)CC(C)(C)CC2=O)C(C)(C)C)C1C(=O)OCc1ccccc1. The lowest BCUT2D eigenvalue weighted by molar-refractivity contribution is -0.157. The molecular weight excluding hydrogens is 536 g/mol. The predicted octanol–water partition coefficient (Wildman–Crippen LogP) is 3.88. The number of carbonyl (C=O) groups excluding carboxylic acids is 5. The highest BCUT2D eigenvalue weighted by Gasteiger charge is 2.45. The van der Waals surface area contributed by atoms with Crippen molar-refractivity contribution in [3.63, 3.8) is 0 Å². The lowest BCUT2D eigenvalue weighted by Gasteiger charge is -2.39. The van der Waals surface area contributed by atoms with Gasteiger partial charge in [0.15, 0.2) is 0 Å². The molecule has 5 amide bonds. The first-order chi connectivity index (χ1) is 19.5. The Bertz CT molecular complexity index is 1140. The highest BCUT2D eigenvalue weighted by atomic mass is 16.5. The molecule has 0 aromatic heterocycles. The number of nitrogens with zero attached hydrogens (tertiary/aromatic N) is 2. The van der Waals surface area contributed by atoms with Crippen LogP contribution in [-0.4, -0.2) is 70.7 Å². The van der Waals surface area contributed by atoms with Crippen LogP contribution < -0.4 is 10.6 Å². The molecule has 10 heteroatoms. The Morgan fingerprint density at radius 3 is 2.14 bits per heavy atom. The van der Waals surface area contributed by atoms with Crippen LogP contribution in [0.15, 0.2) is 30.3 Å². The number of amides is 5. The lowest BCUT2D eigenvalue weighted by atomic mass is 9.80. The smallest absolute Gasteiger partial charge is 0.329 e. The van der Waals surface area contributed by atoms with Gasteiger partial charge in [-0.1, -0.05) is 78.8 Å². The third kappa shape index (κ3) is 8.32. The quantitative estimate of drug-likeness (QED) is 0.335. The molecule has 0 bridgehead atoms. The molecule has 0 saturated carbocycles.